The number of hydrogen-bond donors (Lipinski definition) is 3. The molecule has 0 radical (unpaired) electrons. The van der Waals surface area contributed by atoms with Crippen LogP contribution in [0.3, 0.4) is 0 Å². The largest absolute Gasteiger partial charge is 0.507 e. The number of carbonyl (C=O) groups excluding carboxylic acids is 1. The highest BCUT2D eigenvalue weighted by atomic mass is 35.5. The molecule has 0 aromatic heterocycles. The normalized spacial score (nSPS) is 10.2. The van der Waals surface area contributed by atoms with Crippen LogP contribution < -0.4 is 5.32 Å². The van der Waals surface area contributed by atoms with Crippen LogP contribution in [0.4, 0.5) is 5.69 Å². The lowest BCUT2D eigenvalue weighted by atomic mass is 10.1. The number of rotatable bonds is 3. The maximum absolute atomic E-state index is 12.1. The number of carboxylic acid groups (broad SMARTS) is 1. The van der Waals surface area contributed by atoms with E-state index in [2.05, 4.69) is 5.32 Å². The third-order valence-electron chi connectivity index (χ3n) is 2.68. The van der Waals surface area contributed by atoms with Gasteiger partial charge in [-0.25, -0.2) is 4.79 Å². The Morgan fingerprint density at radius 1 is 1.10 bits per heavy atom. The summed E-state index contributed by atoms with van der Waals surface area (Å²) < 4.78 is 0. The summed E-state index contributed by atoms with van der Waals surface area (Å²) in [6.45, 7) is 0. The third-order valence-corrected chi connectivity index (χ3v) is 3.23. The van der Waals surface area contributed by atoms with Crippen LogP contribution in [0.15, 0.2) is 36.4 Å². The molecule has 5 nitrogen and oxygen atoms in total. The van der Waals surface area contributed by atoms with Gasteiger partial charge in [0.15, 0.2) is 0 Å². The van der Waals surface area contributed by atoms with Crippen molar-refractivity contribution in [2.75, 3.05) is 5.32 Å². The molecular formula is C14H9Cl2NO4. The lowest BCUT2D eigenvalue weighted by molar-refractivity contribution is 0.0698. The maximum Gasteiger partial charge on any atom is 0.339 e. The number of anilines is 1. The minimum Gasteiger partial charge on any atom is -0.507 e. The van der Waals surface area contributed by atoms with E-state index in [9.17, 15) is 14.7 Å². The number of phenolic OH excluding ortho intramolecular Hbond substituents is 1. The standard InChI is InChI=1S/C14H9Cl2NO4/c15-7-4-5-8(11(18)6-7)13(19)17-10-3-1-2-9(16)12(10)14(20)21/h1-6,18H,(H,17,19)(H,20,21). The predicted molar refractivity (Wildman–Crippen MR) is 79.5 cm³/mol. The summed E-state index contributed by atoms with van der Waals surface area (Å²) in [4.78, 5) is 23.3. The summed E-state index contributed by atoms with van der Waals surface area (Å²) in [5.41, 5.74) is -0.217. The van der Waals surface area contributed by atoms with E-state index in [0.29, 0.717) is 0 Å². The highest BCUT2D eigenvalue weighted by Crippen LogP contribution is 2.27. The molecule has 0 saturated carbocycles. The van der Waals surface area contributed by atoms with E-state index in [1.165, 1.54) is 36.4 Å². The molecule has 0 fully saturated rings. The average molecular weight is 326 g/mol. The quantitative estimate of drug-likeness (QED) is 0.803. The molecule has 2 rings (SSSR count). The molecule has 21 heavy (non-hydrogen) atoms. The fourth-order valence-corrected chi connectivity index (χ4v) is 2.15. The minimum absolute atomic E-state index is 0.000582. The zero-order chi connectivity index (χ0) is 15.6. The fourth-order valence-electron chi connectivity index (χ4n) is 1.73. The Morgan fingerprint density at radius 3 is 2.43 bits per heavy atom. The van der Waals surface area contributed by atoms with Crippen LogP contribution in [0.2, 0.25) is 10.0 Å². The van der Waals surface area contributed by atoms with E-state index in [1.54, 1.807) is 0 Å². The predicted octanol–water partition coefficient (Wildman–Crippen LogP) is 3.65. The number of nitrogens with one attached hydrogen (secondary N) is 1. The van der Waals surface area contributed by atoms with Crippen molar-refractivity contribution < 1.29 is 19.8 Å². The zero-order valence-electron chi connectivity index (χ0n) is 10.4. The Bertz CT molecular complexity index is 731. The van der Waals surface area contributed by atoms with Gasteiger partial charge in [0, 0.05) is 5.02 Å². The molecule has 0 spiro atoms. The summed E-state index contributed by atoms with van der Waals surface area (Å²) >= 11 is 11.5. The van der Waals surface area contributed by atoms with E-state index in [0.717, 1.165) is 0 Å². The first-order chi connectivity index (χ1) is 9.90. The molecule has 0 saturated heterocycles. The first-order valence-electron chi connectivity index (χ1n) is 5.72. The summed E-state index contributed by atoms with van der Waals surface area (Å²) in [5, 5.41) is 21.5. The monoisotopic (exact) mass is 325 g/mol. The van der Waals surface area contributed by atoms with Crippen molar-refractivity contribution >= 4 is 40.8 Å². The lowest BCUT2D eigenvalue weighted by Crippen LogP contribution is -2.15. The fraction of sp³-hybridized carbons (Fsp3) is 0. The van der Waals surface area contributed by atoms with Gasteiger partial charge >= 0.3 is 5.97 Å². The highest BCUT2D eigenvalue weighted by Gasteiger charge is 2.18. The van der Waals surface area contributed by atoms with Crippen LogP contribution >= 0.6 is 23.2 Å². The summed E-state index contributed by atoms with van der Waals surface area (Å²) in [5.74, 6) is -2.25. The second-order valence-electron chi connectivity index (χ2n) is 4.08. The van der Waals surface area contributed by atoms with Gasteiger partial charge in [-0.15, -0.1) is 0 Å². The number of hydrogen-bond acceptors (Lipinski definition) is 3. The number of aromatic carboxylic acids is 1. The first-order valence-corrected chi connectivity index (χ1v) is 6.47. The van der Waals surface area contributed by atoms with Crippen molar-refractivity contribution in [1.29, 1.82) is 0 Å². The molecule has 1 amide bonds. The molecule has 3 N–H and O–H groups in total. The smallest absolute Gasteiger partial charge is 0.339 e. The SMILES string of the molecule is O=C(Nc1cccc(Cl)c1C(=O)O)c1ccc(Cl)cc1O. The van der Waals surface area contributed by atoms with E-state index in [4.69, 9.17) is 28.3 Å². The Labute approximate surface area is 129 Å². The van der Waals surface area contributed by atoms with Gasteiger partial charge in [-0.3, -0.25) is 4.79 Å². The summed E-state index contributed by atoms with van der Waals surface area (Å²) in [7, 11) is 0. The highest BCUT2D eigenvalue weighted by molar-refractivity contribution is 6.34. The second-order valence-corrected chi connectivity index (χ2v) is 4.93. The van der Waals surface area contributed by atoms with Crippen LogP contribution in [-0.4, -0.2) is 22.1 Å². The number of amides is 1. The van der Waals surface area contributed by atoms with Gasteiger partial charge in [0.2, 0.25) is 0 Å². The van der Waals surface area contributed by atoms with E-state index in [1.807, 2.05) is 0 Å². The van der Waals surface area contributed by atoms with E-state index >= 15 is 0 Å². The molecule has 0 unspecified atom stereocenters. The molecule has 2 aromatic rings. The second kappa shape index (κ2) is 6.03. The molecule has 0 atom stereocenters. The molecule has 108 valence electrons. The summed E-state index contributed by atoms with van der Waals surface area (Å²) in [6, 6.07) is 8.30. The average Bonchev–Trinajstić information content (AvgIpc) is 2.37. The number of carboxylic acids is 1. The van der Waals surface area contributed by atoms with Gasteiger partial charge in [-0.05, 0) is 30.3 Å². The van der Waals surface area contributed by atoms with Gasteiger partial charge in [-0.2, -0.15) is 0 Å². The molecular weight excluding hydrogens is 317 g/mol. The van der Waals surface area contributed by atoms with Gasteiger partial charge in [0.1, 0.15) is 11.3 Å². The Balaban J connectivity index is 2.36. The Hall–Kier alpha value is -2.24. The molecule has 0 bridgehead atoms. The molecule has 2 aromatic carbocycles. The lowest BCUT2D eigenvalue weighted by Gasteiger charge is -2.10. The zero-order valence-corrected chi connectivity index (χ0v) is 11.9. The topological polar surface area (TPSA) is 86.6 Å². The number of aromatic hydroxyl groups is 1. The van der Waals surface area contributed by atoms with Crippen LogP contribution in [0.1, 0.15) is 20.7 Å². The molecule has 0 heterocycles. The van der Waals surface area contributed by atoms with Crippen molar-refractivity contribution in [3.63, 3.8) is 0 Å². The first kappa shape index (κ1) is 15.2. The van der Waals surface area contributed by atoms with Crippen molar-refractivity contribution in [1.82, 2.24) is 0 Å². The van der Waals surface area contributed by atoms with Crippen LogP contribution in [0.25, 0.3) is 0 Å². The van der Waals surface area contributed by atoms with E-state index in [-0.39, 0.29) is 32.6 Å². The van der Waals surface area contributed by atoms with Gasteiger partial charge in [0.05, 0.1) is 16.3 Å². The summed E-state index contributed by atoms with van der Waals surface area (Å²) in [6.07, 6.45) is 0. The van der Waals surface area contributed by atoms with Gasteiger partial charge in [-0.1, -0.05) is 29.3 Å². The molecule has 0 aliphatic rings. The molecule has 0 aliphatic carbocycles. The maximum atomic E-state index is 12.1. The molecule has 7 heteroatoms. The van der Waals surface area contributed by atoms with Gasteiger partial charge in [0.25, 0.3) is 5.91 Å². The van der Waals surface area contributed by atoms with Crippen molar-refractivity contribution in [3.8, 4) is 5.75 Å². The number of halogens is 2. The third kappa shape index (κ3) is 3.26. The van der Waals surface area contributed by atoms with Crippen LogP contribution in [0, 0.1) is 0 Å². The molecule has 0 aliphatic heterocycles. The van der Waals surface area contributed by atoms with Crippen molar-refractivity contribution in [2.24, 2.45) is 0 Å². The Kier molecular flexibility index (Phi) is 4.35. The van der Waals surface area contributed by atoms with Crippen molar-refractivity contribution in [2.45, 2.75) is 0 Å². The number of phenols is 1. The Morgan fingerprint density at radius 2 is 1.81 bits per heavy atom. The number of benzene rings is 2. The number of carbonyl (C=O) groups is 2. The van der Waals surface area contributed by atoms with Gasteiger partial charge < -0.3 is 15.5 Å². The minimum atomic E-state index is -1.27. The van der Waals surface area contributed by atoms with Crippen molar-refractivity contribution in [3.05, 3.63) is 57.6 Å². The van der Waals surface area contributed by atoms with Crippen LogP contribution in [-0.2, 0) is 0 Å². The van der Waals surface area contributed by atoms with E-state index < -0.39 is 11.9 Å². The van der Waals surface area contributed by atoms with Crippen LogP contribution in [0.5, 0.6) is 5.75 Å².